The number of carbonyl (C=O) groups is 1. The van der Waals surface area contributed by atoms with Gasteiger partial charge in [-0.15, -0.1) is 0 Å². The predicted molar refractivity (Wildman–Crippen MR) is 73.5 cm³/mol. The van der Waals surface area contributed by atoms with Gasteiger partial charge in [-0.1, -0.05) is 19.1 Å². The number of amides is 1. The highest BCUT2D eigenvalue weighted by Crippen LogP contribution is 2.30. The van der Waals surface area contributed by atoms with E-state index in [1.54, 1.807) is 24.3 Å². The Morgan fingerprint density at radius 1 is 1.32 bits per heavy atom. The van der Waals surface area contributed by atoms with E-state index in [4.69, 9.17) is 0 Å². The fourth-order valence-electron chi connectivity index (χ4n) is 2.00. The monoisotopic (exact) mass is 281 g/mol. The fourth-order valence-corrected chi connectivity index (χ4v) is 2.63. The molecule has 19 heavy (non-hydrogen) atoms. The predicted octanol–water partition coefficient (Wildman–Crippen LogP) is 2.07. The van der Waals surface area contributed by atoms with Gasteiger partial charge in [0.15, 0.2) is 9.84 Å². The van der Waals surface area contributed by atoms with Gasteiger partial charge in [-0.3, -0.25) is 4.79 Å². The zero-order valence-corrected chi connectivity index (χ0v) is 12.0. The molecule has 0 saturated heterocycles. The Balaban J connectivity index is 2.12. The lowest BCUT2D eigenvalue weighted by atomic mass is 10.0. The summed E-state index contributed by atoms with van der Waals surface area (Å²) in [5.41, 5.74) is 0.948. The number of hydrogen-bond donors (Lipinski definition) is 1. The highest BCUT2D eigenvalue weighted by molar-refractivity contribution is 7.90. The Kier molecular flexibility index (Phi) is 3.94. The molecule has 1 aliphatic rings. The molecule has 0 spiro atoms. The van der Waals surface area contributed by atoms with E-state index in [1.165, 1.54) is 6.26 Å². The maximum atomic E-state index is 11.8. The van der Waals surface area contributed by atoms with Crippen LogP contribution in [-0.2, 0) is 14.6 Å². The van der Waals surface area contributed by atoms with Crippen LogP contribution in [0.3, 0.4) is 0 Å². The first-order valence-electron chi connectivity index (χ1n) is 6.52. The van der Waals surface area contributed by atoms with E-state index in [-0.39, 0.29) is 17.9 Å². The van der Waals surface area contributed by atoms with Crippen LogP contribution in [0.4, 0.5) is 0 Å². The first-order valence-corrected chi connectivity index (χ1v) is 8.41. The number of benzene rings is 1. The minimum atomic E-state index is -3.17. The van der Waals surface area contributed by atoms with Crippen LogP contribution >= 0.6 is 0 Å². The van der Waals surface area contributed by atoms with Crippen molar-refractivity contribution in [3.8, 4) is 0 Å². The fraction of sp³-hybridized carbons (Fsp3) is 0.500. The number of hydrogen-bond acceptors (Lipinski definition) is 3. The molecule has 1 amide bonds. The van der Waals surface area contributed by atoms with Crippen molar-refractivity contribution < 1.29 is 13.2 Å². The van der Waals surface area contributed by atoms with Gasteiger partial charge in [0.05, 0.1) is 10.9 Å². The molecule has 1 unspecified atom stereocenters. The molecule has 4 nitrogen and oxygen atoms in total. The van der Waals surface area contributed by atoms with E-state index in [2.05, 4.69) is 5.32 Å². The van der Waals surface area contributed by atoms with Crippen molar-refractivity contribution in [3.63, 3.8) is 0 Å². The minimum Gasteiger partial charge on any atom is -0.349 e. The van der Waals surface area contributed by atoms with Crippen LogP contribution in [0.25, 0.3) is 0 Å². The number of carbonyl (C=O) groups excluding carboxylic acids is 1. The first-order chi connectivity index (χ1) is 8.91. The summed E-state index contributed by atoms with van der Waals surface area (Å²) in [5, 5.41) is 3.01. The van der Waals surface area contributed by atoms with Crippen molar-refractivity contribution >= 4 is 15.7 Å². The molecule has 1 aromatic carbocycles. The Morgan fingerprint density at radius 2 is 1.89 bits per heavy atom. The summed E-state index contributed by atoms with van der Waals surface area (Å²) >= 11 is 0. The van der Waals surface area contributed by atoms with Crippen molar-refractivity contribution in [1.29, 1.82) is 0 Å². The second kappa shape index (κ2) is 5.33. The molecule has 1 atom stereocenters. The molecular formula is C14H19NO3S. The van der Waals surface area contributed by atoms with Crippen molar-refractivity contribution in [2.75, 3.05) is 6.26 Å². The van der Waals surface area contributed by atoms with Crippen LogP contribution < -0.4 is 5.32 Å². The molecule has 0 radical (unpaired) electrons. The molecule has 1 aliphatic carbocycles. The molecule has 0 bridgehead atoms. The van der Waals surface area contributed by atoms with Crippen molar-refractivity contribution in [2.45, 2.75) is 37.1 Å². The summed E-state index contributed by atoms with van der Waals surface area (Å²) in [6.07, 6.45) is 3.94. The SMILES string of the molecule is CCC(NC(=O)C1CC1)c1ccc(S(C)(=O)=O)cc1. The molecule has 1 fully saturated rings. The lowest BCUT2D eigenvalue weighted by Gasteiger charge is -2.17. The zero-order valence-electron chi connectivity index (χ0n) is 11.2. The molecule has 1 N–H and O–H groups in total. The van der Waals surface area contributed by atoms with Gasteiger partial charge >= 0.3 is 0 Å². The normalized spacial score (nSPS) is 16.9. The summed E-state index contributed by atoms with van der Waals surface area (Å²) in [6, 6.07) is 6.70. The van der Waals surface area contributed by atoms with Gasteiger partial charge in [-0.05, 0) is 37.0 Å². The average Bonchev–Trinajstić information content (AvgIpc) is 3.19. The van der Waals surface area contributed by atoms with Crippen LogP contribution in [-0.4, -0.2) is 20.6 Å². The molecule has 5 heteroatoms. The summed E-state index contributed by atoms with van der Waals surface area (Å²) in [5.74, 6) is 0.295. The lowest BCUT2D eigenvalue weighted by molar-refractivity contribution is -0.123. The van der Waals surface area contributed by atoms with Gasteiger partial charge in [0.2, 0.25) is 5.91 Å². The lowest BCUT2D eigenvalue weighted by Crippen LogP contribution is -2.29. The Bertz CT molecular complexity index is 559. The summed E-state index contributed by atoms with van der Waals surface area (Å²) in [4.78, 5) is 12.1. The topological polar surface area (TPSA) is 63.2 Å². The molecule has 1 saturated carbocycles. The second-order valence-corrected chi connectivity index (χ2v) is 7.10. The van der Waals surface area contributed by atoms with Crippen molar-refractivity contribution in [2.24, 2.45) is 5.92 Å². The number of sulfone groups is 1. The summed E-state index contributed by atoms with van der Waals surface area (Å²) < 4.78 is 22.8. The van der Waals surface area contributed by atoms with Crippen LogP contribution in [0.15, 0.2) is 29.2 Å². The first kappa shape index (κ1) is 14.1. The third-order valence-electron chi connectivity index (χ3n) is 3.38. The zero-order chi connectivity index (χ0) is 14.0. The molecule has 2 rings (SSSR count). The maximum Gasteiger partial charge on any atom is 0.223 e. The molecule has 0 heterocycles. The second-order valence-electron chi connectivity index (χ2n) is 5.08. The highest BCUT2D eigenvalue weighted by atomic mass is 32.2. The van der Waals surface area contributed by atoms with Gasteiger partial charge in [-0.25, -0.2) is 8.42 Å². The Hall–Kier alpha value is -1.36. The Morgan fingerprint density at radius 3 is 2.32 bits per heavy atom. The van der Waals surface area contributed by atoms with Gasteiger partial charge in [0.25, 0.3) is 0 Å². The van der Waals surface area contributed by atoms with E-state index in [9.17, 15) is 13.2 Å². The van der Waals surface area contributed by atoms with E-state index >= 15 is 0 Å². The molecule has 104 valence electrons. The molecule has 1 aromatic rings. The van der Waals surface area contributed by atoms with Crippen LogP contribution in [0.5, 0.6) is 0 Å². The molecular weight excluding hydrogens is 262 g/mol. The van der Waals surface area contributed by atoms with Gasteiger partial charge < -0.3 is 5.32 Å². The van der Waals surface area contributed by atoms with Crippen LogP contribution in [0.1, 0.15) is 37.8 Å². The third-order valence-corrected chi connectivity index (χ3v) is 4.51. The maximum absolute atomic E-state index is 11.8. The van der Waals surface area contributed by atoms with E-state index < -0.39 is 9.84 Å². The van der Waals surface area contributed by atoms with Gasteiger partial charge in [0, 0.05) is 12.2 Å². The van der Waals surface area contributed by atoms with E-state index in [1.807, 2.05) is 6.92 Å². The standard InChI is InChI=1S/C14H19NO3S/c1-3-13(15-14(16)11-4-5-11)10-6-8-12(9-7-10)19(2,17)18/h6-9,11,13H,3-5H2,1-2H3,(H,15,16). The number of rotatable bonds is 5. The Labute approximate surface area is 114 Å². The highest BCUT2D eigenvalue weighted by Gasteiger charge is 2.30. The summed E-state index contributed by atoms with van der Waals surface area (Å²) in [7, 11) is -3.17. The smallest absolute Gasteiger partial charge is 0.223 e. The van der Waals surface area contributed by atoms with Crippen molar-refractivity contribution in [3.05, 3.63) is 29.8 Å². The number of nitrogens with one attached hydrogen (secondary N) is 1. The van der Waals surface area contributed by atoms with Crippen LogP contribution in [0.2, 0.25) is 0 Å². The quantitative estimate of drug-likeness (QED) is 0.898. The van der Waals surface area contributed by atoms with Crippen LogP contribution in [0, 0.1) is 5.92 Å². The molecule has 0 aliphatic heterocycles. The van der Waals surface area contributed by atoms with Gasteiger partial charge in [0.1, 0.15) is 0 Å². The van der Waals surface area contributed by atoms with E-state index in [0.717, 1.165) is 24.8 Å². The largest absolute Gasteiger partial charge is 0.349 e. The average molecular weight is 281 g/mol. The minimum absolute atomic E-state index is 0.0401. The van der Waals surface area contributed by atoms with E-state index in [0.29, 0.717) is 4.90 Å². The molecule has 0 aromatic heterocycles. The van der Waals surface area contributed by atoms with Gasteiger partial charge in [-0.2, -0.15) is 0 Å². The van der Waals surface area contributed by atoms with Crippen molar-refractivity contribution in [1.82, 2.24) is 5.32 Å². The third kappa shape index (κ3) is 3.56. The summed E-state index contributed by atoms with van der Waals surface area (Å²) in [6.45, 7) is 2.00.